The smallest absolute Gasteiger partial charge is 0.321 e. The molecule has 1 rings (SSSR count). The molecule has 1 unspecified atom stereocenters. The molecule has 1 heterocycles. The minimum atomic E-state index is -1.71. The van der Waals surface area contributed by atoms with E-state index in [-0.39, 0.29) is 11.7 Å². The van der Waals surface area contributed by atoms with Gasteiger partial charge in [0.25, 0.3) is 0 Å². The third-order valence-electron chi connectivity index (χ3n) is 3.19. The zero-order valence-corrected chi connectivity index (χ0v) is 11.8. The second-order valence-corrected chi connectivity index (χ2v) is 6.99. The monoisotopic (exact) mass is 276 g/mol. The van der Waals surface area contributed by atoms with E-state index < -0.39 is 21.5 Å². The minimum absolute atomic E-state index is 0.219. The Kier molecular flexibility index (Phi) is 4.86. The van der Waals surface area contributed by atoms with Gasteiger partial charge >= 0.3 is 5.97 Å². The van der Waals surface area contributed by atoms with Gasteiger partial charge in [0.1, 0.15) is 10.5 Å². The number of carbonyl (C=O) groups is 2. The summed E-state index contributed by atoms with van der Waals surface area (Å²) in [7, 11) is 0.274. The summed E-state index contributed by atoms with van der Waals surface area (Å²) in [6.45, 7) is 5.56. The van der Waals surface area contributed by atoms with E-state index in [1.165, 1.54) is 13.8 Å². The Balaban J connectivity index is 2.55. The van der Waals surface area contributed by atoms with Gasteiger partial charge in [-0.25, -0.2) is 0 Å². The number of amides is 1. The maximum Gasteiger partial charge on any atom is 0.321 e. The second-order valence-electron chi connectivity index (χ2n) is 4.99. The first-order valence-corrected chi connectivity index (χ1v) is 7.15. The van der Waals surface area contributed by atoms with Gasteiger partial charge in [-0.1, -0.05) is 0 Å². The molecule has 1 amide bonds. The van der Waals surface area contributed by atoms with Gasteiger partial charge in [0.15, 0.2) is 0 Å². The van der Waals surface area contributed by atoms with Gasteiger partial charge in [-0.2, -0.15) is 0 Å². The van der Waals surface area contributed by atoms with E-state index >= 15 is 0 Å². The van der Waals surface area contributed by atoms with Gasteiger partial charge < -0.3 is 14.9 Å². The summed E-state index contributed by atoms with van der Waals surface area (Å²) in [6, 6.07) is 0. The molecule has 6 nitrogen and oxygen atoms in total. The predicted molar refractivity (Wildman–Crippen MR) is 68.8 cm³/mol. The van der Waals surface area contributed by atoms with Gasteiger partial charge in [0.05, 0.1) is 0 Å². The Bertz CT molecular complexity index is 362. The zero-order valence-electron chi connectivity index (χ0n) is 11.0. The molecule has 104 valence electrons. The number of nitrogens with zero attached hydrogens (tertiary/aromatic N) is 2. The van der Waals surface area contributed by atoms with Crippen molar-refractivity contribution in [2.45, 2.75) is 18.6 Å². The van der Waals surface area contributed by atoms with E-state index in [0.717, 1.165) is 13.1 Å². The topological polar surface area (TPSA) is 77.9 Å². The Morgan fingerprint density at radius 3 is 2.17 bits per heavy atom. The van der Waals surface area contributed by atoms with Crippen LogP contribution in [0.3, 0.4) is 0 Å². The highest BCUT2D eigenvalue weighted by Gasteiger charge is 2.36. The molecule has 0 spiro atoms. The third kappa shape index (κ3) is 3.52. The van der Waals surface area contributed by atoms with Crippen molar-refractivity contribution in [2.24, 2.45) is 0 Å². The second kappa shape index (κ2) is 5.79. The highest BCUT2D eigenvalue weighted by atomic mass is 32.2. The van der Waals surface area contributed by atoms with Crippen LogP contribution in [0.4, 0.5) is 0 Å². The largest absolute Gasteiger partial charge is 0.480 e. The zero-order chi connectivity index (χ0) is 13.9. The number of rotatable bonds is 4. The van der Waals surface area contributed by atoms with Crippen LogP contribution in [0.2, 0.25) is 0 Å². The Morgan fingerprint density at radius 1 is 1.22 bits per heavy atom. The van der Waals surface area contributed by atoms with E-state index in [1.807, 2.05) is 7.05 Å². The fourth-order valence-electron chi connectivity index (χ4n) is 1.54. The Labute approximate surface area is 109 Å². The summed E-state index contributed by atoms with van der Waals surface area (Å²) in [4.78, 5) is 26.6. The predicted octanol–water partition coefficient (Wildman–Crippen LogP) is -0.628. The molecule has 1 N–H and O–H groups in total. The average molecular weight is 276 g/mol. The number of carbonyl (C=O) groups excluding carboxylic acids is 1. The average Bonchev–Trinajstić information content (AvgIpc) is 2.29. The lowest BCUT2D eigenvalue weighted by molar-refractivity contribution is -0.139. The third-order valence-corrected chi connectivity index (χ3v) is 5.02. The van der Waals surface area contributed by atoms with Crippen LogP contribution in [0.15, 0.2) is 0 Å². The van der Waals surface area contributed by atoms with Crippen LogP contribution in [-0.2, 0) is 20.4 Å². The summed E-state index contributed by atoms with van der Waals surface area (Å²) >= 11 is 0. The molecule has 1 fully saturated rings. The fraction of sp³-hybridized carbons (Fsp3) is 0.818. The summed E-state index contributed by atoms with van der Waals surface area (Å²) in [5.41, 5.74) is 0. The molecule has 0 aliphatic carbocycles. The van der Waals surface area contributed by atoms with Crippen LogP contribution in [0.1, 0.15) is 13.8 Å². The fourth-order valence-corrected chi connectivity index (χ4v) is 2.50. The standard InChI is InChI=1S/C11H20N2O4S/c1-11(2,10(15)16)18(17)8-9(14)13-6-4-12(3)5-7-13/h4-8H2,1-3H3,(H,15,16). The van der Waals surface area contributed by atoms with Gasteiger partial charge in [0, 0.05) is 37.0 Å². The first-order valence-electron chi connectivity index (χ1n) is 5.83. The number of carboxylic acids is 1. The minimum Gasteiger partial charge on any atom is -0.480 e. The molecule has 0 radical (unpaired) electrons. The molecule has 0 aromatic carbocycles. The molecular weight excluding hydrogens is 256 g/mol. The molecule has 1 saturated heterocycles. The number of piperazine rings is 1. The lowest BCUT2D eigenvalue weighted by Crippen LogP contribution is -2.50. The van der Waals surface area contributed by atoms with Crippen molar-refractivity contribution in [2.75, 3.05) is 39.0 Å². The number of carboxylic acid groups (broad SMARTS) is 1. The van der Waals surface area contributed by atoms with Crippen LogP contribution in [0, 0.1) is 0 Å². The lowest BCUT2D eigenvalue weighted by Gasteiger charge is -2.32. The highest BCUT2D eigenvalue weighted by Crippen LogP contribution is 2.14. The molecule has 18 heavy (non-hydrogen) atoms. The van der Waals surface area contributed by atoms with E-state index in [9.17, 15) is 13.8 Å². The first-order chi connectivity index (χ1) is 8.25. The maximum absolute atomic E-state index is 11.9. The van der Waals surface area contributed by atoms with E-state index in [2.05, 4.69) is 4.90 Å². The van der Waals surface area contributed by atoms with Gasteiger partial charge in [-0.05, 0) is 20.9 Å². The van der Waals surface area contributed by atoms with E-state index in [1.54, 1.807) is 4.90 Å². The number of likely N-dealkylation sites (N-methyl/N-ethyl adjacent to an activating group) is 1. The quantitative estimate of drug-likeness (QED) is 0.740. The summed E-state index contributed by atoms with van der Waals surface area (Å²) < 4.78 is 10.5. The van der Waals surface area contributed by atoms with Crippen LogP contribution in [0.25, 0.3) is 0 Å². The summed E-state index contributed by atoms with van der Waals surface area (Å²) in [5.74, 6) is -1.59. The molecule has 0 aromatic heterocycles. The molecule has 1 aliphatic rings. The van der Waals surface area contributed by atoms with Crippen LogP contribution < -0.4 is 0 Å². The summed E-state index contributed by atoms with van der Waals surface area (Å²) in [6.07, 6.45) is 0. The SMILES string of the molecule is CN1CCN(C(=O)CS(=O)C(C)(C)C(=O)O)CC1. The summed E-state index contributed by atoms with van der Waals surface area (Å²) in [5, 5.41) is 8.94. The van der Waals surface area contributed by atoms with Crippen molar-refractivity contribution in [1.29, 1.82) is 0 Å². The molecular formula is C11H20N2O4S. The first kappa shape index (κ1) is 15.1. The molecule has 0 aromatic rings. The van der Waals surface area contributed by atoms with E-state index in [0.29, 0.717) is 13.1 Å². The number of hydrogen-bond acceptors (Lipinski definition) is 4. The molecule has 0 saturated carbocycles. The van der Waals surface area contributed by atoms with Crippen LogP contribution >= 0.6 is 0 Å². The molecule has 1 atom stereocenters. The lowest BCUT2D eigenvalue weighted by atomic mass is 10.2. The van der Waals surface area contributed by atoms with Crippen molar-refractivity contribution in [3.05, 3.63) is 0 Å². The van der Waals surface area contributed by atoms with Gasteiger partial charge in [-0.3, -0.25) is 13.8 Å². The van der Waals surface area contributed by atoms with Crippen molar-refractivity contribution in [3.63, 3.8) is 0 Å². The molecule has 1 aliphatic heterocycles. The van der Waals surface area contributed by atoms with Gasteiger partial charge in [0.2, 0.25) is 5.91 Å². The van der Waals surface area contributed by atoms with Crippen molar-refractivity contribution >= 4 is 22.7 Å². The number of aliphatic carboxylic acids is 1. The van der Waals surface area contributed by atoms with Crippen molar-refractivity contribution < 1.29 is 18.9 Å². The maximum atomic E-state index is 11.9. The molecule has 7 heteroatoms. The number of hydrogen-bond donors (Lipinski definition) is 1. The Morgan fingerprint density at radius 2 is 1.72 bits per heavy atom. The Hall–Kier alpha value is -0.950. The van der Waals surface area contributed by atoms with Crippen molar-refractivity contribution in [3.8, 4) is 0 Å². The van der Waals surface area contributed by atoms with E-state index in [4.69, 9.17) is 5.11 Å². The van der Waals surface area contributed by atoms with Crippen molar-refractivity contribution in [1.82, 2.24) is 9.80 Å². The normalized spacial score (nSPS) is 19.6. The van der Waals surface area contributed by atoms with Crippen LogP contribution in [-0.4, -0.2) is 74.7 Å². The van der Waals surface area contributed by atoms with Crippen LogP contribution in [0.5, 0.6) is 0 Å². The van der Waals surface area contributed by atoms with Gasteiger partial charge in [-0.15, -0.1) is 0 Å². The molecule has 0 bridgehead atoms. The highest BCUT2D eigenvalue weighted by molar-refractivity contribution is 7.87.